The van der Waals surface area contributed by atoms with Gasteiger partial charge < -0.3 is 15.2 Å². The van der Waals surface area contributed by atoms with E-state index in [2.05, 4.69) is 5.32 Å². The molecule has 0 aromatic carbocycles. The van der Waals surface area contributed by atoms with Gasteiger partial charge in [0.2, 0.25) is 0 Å². The molecule has 1 aliphatic rings. The summed E-state index contributed by atoms with van der Waals surface area (Å²) in [6, 6.07) is 0.505. The minimum absolute atomic E-state index is 0.0857. The smallest absolute Gasteiger partial charge is 0.0698 e. The van der Waals surface area contributed by atoms with Gasteiger partial charge in [-0.05, 0) is 12.8 Å². The minimum atomic E-state index is -0.576. The van der Waals surface area contributed by atoms with Crippen molar-refractivity contribution < 1.29 is 14.1 Å². The lowest BCUT2D eigenvalue weighted by Crippen LogP contribution is -2.37. The highest BCUT2D eigenvalue weighted by atomic mass is 32.2. The molecule has 0 saturated carbocycles. The zero-order valence-corrected chi connectivity index (χ0v) is 9.22. The molecule has 1 fully saturated rings. The van der Waals surface area contributed by atoms with E-state index in [-0.39, 0.29) is 6.61 Å². The van der Waals surface area contributed by atoms with Crippen molar-refractivity contribution in [3.63, 3.8) is 0 Å². The van der Waals surface area contributed by atoms with Crippen LogP contribution in [0.1, 0.15) is 12.8 Å². The van der Waals surface area contributed by atoms with Crippen LogP contribution < -0.4 is 5.32 Å². The predicted octanol–water partition coefficient (Wildman–Crippen LogP) is -0.504. The Morgan fingerprint density at radius 2 is 2.07 bits per heavy atom. The van der Waals surface area contributed by atoms with E-state index < -0.39 is 10.8 Å². The van der Waals surface area contributed by atoms with Gasteiger partial charge in [0.25, 0.3) is 0 Å². The van der Waals surface area contributed by atoms with E-state index in [0.29, 0.717) is 19.3 Å². The lowest BCUT2D eigenvalue weighted by molar-refractivity contribution is 0.0924. The zero-order chi connectivity index (χ0) is 10.2. The number of hydrogen-bond acceptors (Lipinski definition) is 4. The van der Waals surface area contributed by atoms with E-state index in [1.165, 1.54) is 0 Å². The maximum absolute atomic E-state index is 11.1. The number of hydrogen-bond donors (Lipinski definition) is 2. The first-order valence-corrected chi connectivity index (χ1v) is 6.58. The molecule has 0 aromatic heterocycles. The SMILES string of the molecule is O=S1CCC(NCCOCCO)CC1. The third-order valence-electron chi connectivity index (χ3n) is 2.30. The second-order valence-corrected chi connectivity index (χ2v) is 5.11. The van der Waals surface area contributed by atoms with Crippen molar-refractivity contribution in [1.29, 1.82) is 0 Å². The number of rotatable bonds is 6. The molecule has 0 bridgehead atoms. The molecule has 0 aliphatic carbocycles. The highest BCUT2D eigenvalue weighted by Crippen LogP contribution is 2.08. The van der Waals surface area contributed by atoms with E-state index >= 15 is 0 Å². The minimum Gasteiger partial charge on any atom is -0.394 e. The van der Waals surface area contributed by atoms with Crippen LogP contribution in [0.3, 0.4) is 0 Å². The van der Waals surface area contributed by atoms with Crippen LogP contribution in [0.2, 0.25) is 0 Å². The van der Waals surface area contributed by atoms with Crippen LogP contribution in [0, 0.1) is 0 Å². The molecular weight excluding hydrogens is 202 g/mol. The fourth-order valence-corrected chi connectivity index (χ4v) is 2.80. The molecule has 0 atom stereocenters. The van der Waals surface area contributed by atoms with E-state index in [1.54, 1.807) is 0 Å². The fraction of sp³-hybridized carbons (Fsp3) is 1.00. The summed E-state index contributed by atoms with van der Waals surface area (Å²) in [6.07, 6.45) is 2.01. The van der Waals surface area contributed by atoms with Crippen LogP contribution in [-0.2, 0) is 15.5 Å². The highest BCUT2D eigenvalue weighted by Gasteiger charge is 2.16. The van der Waals surface area contributed by atoms with Crippen LogP contribution in [-0.4, -0.2) is 53.2 Å². The number of aliphatic hydroxyl groups is 1. The molecule has 4 nitrogen and oxygen atoms in total. The van der Waals surface area contributed by atoms with Crippen LogP contribution in [0.25, 0.3) is 0 Å². The second-order valence-electron chi connectivity index (χ2n) is 3.41. The van der Waals surface area contributed by atoms with Crippen molar-refractivity contribution in [3.05, 3.63) is 0 Å². The molecule has 0 aromatic rings. The molecular formula is C9H19NO3S. The molecule has 1 saturated heterocycles. The van der Waals surface area contributed by atoms with Crippen molar-refractivity contribution in [2.75, 3.05) is 37.9 Å². The van der Waals surface area contributed by atoms with Gasteiger partial charge in [0.15, 0.2) is 0 Å². The van der Waals surface area contributed by atoms with Gasteiger partial charge in [-0.15, -0.1) is 0 Å². The Hall–Kier alpha value is 0.0300. The number of nitrogens with one attached hydrogen (secondary N) is 1. The van der Waals surface area contributed by atoms with Crippen LogP contribution in [0.5, 0.6) is 0 Å². The zero-order valence-electron chi connectivity index (χ0n) is 8.41. The Kier molecular flexibility index (Phi) is 6.34. The maximum Gasteiger partial charge on any atom is 0.0698 e. The van der Waals surface area contributed by atoms with Crippen molar-refractivity contribution >= 4 is 10.8 Å². The summed E-state index contributed by atoms with van der Waals surface area (Å²) in [6.45, 7) is 1.95. The summed E-state index contributed by atoms with van der Waals surface area (Å²) >= 11 is 0. The molecule has 0 unspecified atom stereocenters. The Balaban J connectivity index is 1.94. The summed E-state index contributed by atoms with van der Waals surface area (Å²) in [7, 11) is -0.576. The van der Waals surface area contributed by atoms with Gasteiger partial charge in [0.1, 0.15) is 0 Å². The fourth-order valence-electron chi connectivity index (χ4n) is 1.50. The second kappa shape index (κ2) is 7.34. The lowest BCUT2D eigenvalue weighted by Gasteiger charge is -2.22. The monoisotopic (exact) mass is 221 g/mol. The van der Waals surface area contributed by atoms with Crippen molar-refractivity contribution in [1.82, 2.24) is 5.32 Å². The van der Waals surface area contributed by atoms with Gasteiger partial charge in [-0.25, -0.2) is 0 Å². The highest BCUT2D eigenvalue weighted by molar-refractivity contribution is 7.85. The van der Waals surface area contributed by atoms with Gasteiger partial charge in [0.05, 0.1) is 19.8 Å². The average Bonchev–Trinajstić information content (AvgIpc) is 2.21. The van der Waals surface area contributed by atoms with Crippen molar-refractivity contribution in [2.45, 2.75) is 18.9 Å². The summed E-state index contributed by atoms with van der Waals surface area (Å²) in [5, 5.41) is 11.8. The lowest BCUT2D eigenvalue weighted by atomic mass is 10.1. The maximum atomic E-state index is 11.1. The number of aliphatic hydroxyl groups excluding tert-OH is 1. The third kappa shape index (κ3) is 5.05. The summed E-state index contributed by atoms with van der Waals surface area (Å²) in [5.41, 5.74) is 0. The average molecular weight is 221 g/mol. The van der Waals surface area contributed by atoms with Gasteiger partial charge >= 0.3 is 0 Å². The summed E-state index contributed by atoms with van der Waals surface area (Å²) < 4.78 is 16.2. The molecule has 0 amide bonds. The normalized spacial score (nSPS) is 27.8. The Morgan fingerprint density at radius 1 is 1.36 bits per heavy atom. The molecule has 84 valence electrons. The largest absolute Gasteiger partial charge is 0.394 e. The van der Waals surface area contributed by atoms with Crippen LogP contribution in [0.4, 0.5) is 0 Å². The Labute approximate surface area is 87.5 Å². The van der Waals surface area contributed by atoms with Crippen LogP contribution in [0.15, 0.2) is 0 Å². The third-order valence-corrected chi connectivity index (χ3v) is 3.69. The van der Waals surface area contributed by atoms with Gasteiger partial charge in [0, 0.05) is 34.9 Å². The first-order chi connectivity index (χ1) is 6.83. The van der Waals surface area contributed by atoms with E-state index in [1.807, 2.05) is 0 Å². The van der Waals surface area contributed by atoms with Gasteiger partial charge in [-0.2, -0.15) is 0 Å². The number of ether oxygens (including phenoxy) is 1. The Morgan fingerprint density at radius 3 is 2.71 bits per heavy atom. The van der Waals surface area contributed by atoms with Crippen LogP contribution >= 0.6 is 0 Å². The molecule has 1 aliphatic heterocycles. The Bertz CT molecular complexity index is 167. The van der Waals surface area contributed by atoms with Gasteiger partial charge in [-0.3, -0.25) is 4.21 Å². The van der Waals surface area contributed by atoms with E-state index in [0.717, 1.165) is 30.9 Å². The van der Waals surface area contributed by atoms with E-state index in [9.17, 15) is 4.21 Å². The van der Waals surface area contributed by atoms with Gasteiger partial charge in [-0.1, -0.05) is 0 Å². The molecule has 5 heteroatoms. The van der Waals surface area contributed by atoms with Crippen molar-refractivity contribution in [3.8, 4) is 0 Å². The van der Waals surface area contributed by atoms with E-state index in [4.69, 9.17) is 9.84 Å². The summed E-state index contributed by atoms with van der Waals surface area (Å²) in [4.78, 5) is 0. The standard InChI is InChI=1S/C9H19NO3S/c11-4-6-13-5-3-10-9-1-7-14(12)8-2-9/h9-11H,1-8H2. The molecule has 14 heavy (non-hydrogen) atoms. The van der Waals surface area contributed by atoms with Crippen molar-refractivity contribution in [2.24, 2.45) is 0 Å². The molecule has 2 N–H and O–H groups in total. The quantitative estimate of drug-likeness (QED) is 0.594. The molecule has 1 rings (SSSR count). The predicted molar refractivity (Wildman–Crippen MR) is 56.8 cm³/mol. The topological polar surface area (TPSA) is 58.6 Å². The molecule has 0 spiro atoms. The first-order valence-electron chi connectivity index (χ1n) is 5.10. The summed E-state index contributed by atoms with van der Waals surface area (Å²) in [5.74, 6) is 1.66. The first kappa shape index (κ1) is 12.1. The molecule has 0 radical (unpaired) electrons. The molecule has 1 heterocycles.